The Hall–Kier alpha value is -2.57. The van der Waals surface area contributed by atoms with E-state index >= 15 is 0 Å². The summed E-state index contributed by atoms with van der Waals surface area (Å²) in [5, 5.41) is 5.89. The standard InChI is InChI=1S/C11H12N4O3/c12-11-13-9(14-15-11)10(16)18-7-6-17-8-4-2-1-3-5-8/h1-5H,6-7H2,(H3,12,13,14,15). The Morgan fingerprint density at radius 1 is 1.28 bits per heavy atom. The topological polar surface area (TPSA) is 103 Å². The van der Waals surface area contributed by atoms with Crippen molar-refractivity contribution in [1.82, 2.24) is 15.2 Å². The molecular formula is C11H12N4O3. The maximum absolute atomic E-state index is 11.4. The van der Waals surface area contributed by atoms with E-state index in [0.717, 1.165) is 5.75 Å². The highest BCUT2D eigenvalue weighted by atomic mass is 16.6. The van der Waals surface area contributed by atoms with E-state index in [1.54, 1.807) is 0 Å². The minimum atomic E-state index is -0.615. The molecule has 0 unspecified atom stereocenters. The van der Waals surface area contributed by atoms with Crippen molar-refractivity contribution < 1.29 is 14.3 Å². The summed E-state index contributed by atoms with van der Waals surface area (Å²) in [6.07, 6.45) is 0. The highest BCUT2D eigenvalue weighted by molar-refractivity contribution is 5.85. The van der Waals surface area contributed by atoms with Crippen LogP contribution in [0.25, 0.3) is 0 Å². The molecule has 1 aromatic heterocycles. The number of nitrogens with one attached hydrogen (secondary N) is 1. The SMILES string of the molecule is Nc1n[nH]c(C(=O)OCCOc2ccccc2)n1. The molecular weight excluding hydrogens is 236 g/mol. The number of rotatable bonds is 5. The lowest BCUT2D eigenvalue weighted by molar-refractivity contribution is 0.0437. The third-order valence-corrected chi connectivity index (χ3v) is 2.02. The smallest absolute Gasteiger partial charge is 0.376 e. The number of para-hydroxylation sites is 1. The van der Waals surface area contributed by atoms with Gasteiger partial charge in [-0.25, -0.2) is 4.79 Å². The summed E-state index contributed by atoms with van der Waals surface area (Å²) in [7, 11) is 0. The summed E-state index contributed by atoms with van der Waals surface area (Å²) in [6.45, 7) is 0.383. The van der Waals surface area contributed by atoms with Crippen LogP contribution in [0.4, 0.5) is 5.95 Å². The molecule has 18 heavy (non-hydrogen) atoms. The quantitative estimate of drug-likeness (QED) is 0.594. The van der Waals surface area contributed by atoms with Crippen LogP contribution >= 0.6 is 0 Å². The minimum absolute atomic E-state index is 0.00230. The molecule has 3 N–H and O–H groups in total. The highest BCUT2D eigenvalue weighted by Gasteiger charge is 2.11. The van der Waals surface area contributed by atoms with Crippen molar-refractivity contribution in [2.75, 3.05) is 18.9 Å². The molecule has 0 radical (unpaired) electrons. The molecule has 1 aromatic carbocycles. The summed E-state index contributed by atoms with van der Waals surface area (Å²) >= 11 is 0. The molecule has 0 atom stereocenters. The van der Waals surface area contributed by atoms with Gasteiger partial charge in [-0.2, -0.15) is 4.98 Å². The van der Waals surface area contributed by atoms with E-state index in [-0.39, 0.29) is 25.0 Å². The van der Waals surface area contributed by atoms with E-state index in [4.69, 9.17) is 15.2 Å². The third-order valence-electron chi connectivity index (χ3n) is 2.02. The monoisotopic (exact) mass is 248 g/mol. The minimum Gasteiger partial charge on any atom is -0.490 e. The molecule has 0 saturated heterocycles. The van der Waals surface area contributed by atoms with Crippen LogP contribution in [-0.2, 0) is 4.74 Å². The van der Waals surface area contributed by atoms with Crippen molar-refractivity contribution in [1.29, 1.82) is 0 Å². The van der Waals surface area contributed by atoms with Crippen molar-refractivity contribution in [3.05, 3.63) is 36.2 Å². The molecule has 0 aliphatic heterocycles. The van der Waals surface area contributed by atoms with Gasteiger partial charge in [0.15, 0.2) is 0 Å². The van der Waals surface area contributed by atoms with Crippen LogP contribution < -0.4 is 10.5 Å². The first-order valence-corrected chi connectivity index (χ1v) is 5.28. The number of aromatic amines is 1. The van der Waals surface area contributed by atoms with Gasteiger partial charge < -0.3 is 15.2 Å². The molecule has 0 amide bonds. The lowest BCUT2D eigenvalue weighted by atomic mass is 10.3. The number of anilines is 1. The van der Waals surface area contributed by atoms with Gasteiger partial charge in [-0.05, 0) is 12.1 Å². The summed E-state index contributed by atoms with van der Waals surface area (Å²) in [5.41, 5.74) is 5.26. The molecule has 0 aliphatic rings. The summed E-state index contributed by atoms with van der Waals surface area (Å²) in [6, 6.07) is 9.25. The van der Waals surface area contributed by atoms with Gasteiger partial charge in [-0.3, -0.25) is 5.10 Å². The largest absolute Gasteiger partial charge is 0.490 e. The fraction of sp³-hybridized carbons (Fsp3) is 0.182. The molecule has 0 bridgehead atoms. The molecule has 7 nitrogen and oxygen atoms in total. The van der Waals surface area contributed by atoms with Crippen LogP contribution in [0.15, 0.2) is 30.3 Å². The molecule has 2 aromatic rings. The van der Waals surface area contributed by atoms with Crippen LogP contribution in [0.3, 0.4) is 0 Å². The van der Waals surface area contributed by atoms with Crippen LogP contribution in [0, 0.1) is 0 Å². The maximum atomic E-state index is 11.4. The number of hydrogen-bond donors (Lipinski definition) is 2. The number of carbonyl (C=O) groups is 1. The molecule has 0 aliphatic carbocycles. The molecule has 7 heteroatoms. The van der Waals surface area contributed by atoms with E-state index in [0.29, 0.717) is 0 Å². The zero-order chi connectivity index (χ0) is 12.8. The molecule has 1 heterocycles. The van der Waals surface area contributed by atoms with E-state index in [2.05, 4.69) is 15.2 Å². The zero-order valence-corrected chi connectivity index (χ0v) is 9.50. The molecule has 94 valence electrons. The first-order valence-electron chi connectivity index (χ1n) is 5.28. The first-order chi connectivity index (χ1) is 8.75. The van der Waals surface area contributed by atoms with Gasteiger partial charge >= 0.3 is 5.97 Å². The Bertz CT molecular complexity index is 512. The van der Waals surface area contributed by atoms with Crippen LogP contribution in [-0.4, -0.2) is 34.4 Å². The lowest BCUT2D eigenvalue weighted by Gasteiger charge is -2.05. The second-order valence-corrected chi connectivity index (χ2v) is 3.34. The van der Waals surface area contributed by atoms with Gasteiger partial charge in [0, 0.05) is 0 Å². The van der Waals surface area contributed by atoms with Gasteiger partial charge in [-0.15, -0.1) is 5.10 Å². The van der Waals surface area contributed by atoms with Gasteiger partial charge in [0.25, 0.3) is 0 Å². The van der Waals surface area contributed by atoms with Crippen LogP contribution in [0.2, 0.25) is 0 Å². The predicted molar refractivity (Wildman–Crippen MR) is 63.0 cm³/mol. The van der Waals surface area contributed by atoms with Gasteiger partial charge in [0.05, 0.1) is 0 Å². The van der Waals surface area contributed by atoms with E-state index < -0.39 is 5.97 Å². The van der Waals surface area contributed by atoms with Crippen molar-refractivity contribution in [2.24, 2.45) is 0 Å². The van der Waals surface area contributed by atoms with Gasteiger partial charge in [-0.1, -0.05) is 18.2 Å². The molecule has 0 fully saturated rings. The van der Waals surface area contributed by atoms with Gasteiger partial charge in [0.2, 0.25) is 11.8 Å². The number of esters is 1. The average molecular weight is 248 g/mol. The molecule has 2 rings (SSSR count). The zero-order valence-electron chi connectivity index (χ0n) is 9.50. The van der Waals surface area contributed by atoms with Crippen LogP contribution in [0.1, 0.15) is 10.6 Å². The maximum Gasteiger partial charge on any atom is 0.376 e. The van der Waals surface area contributed by atoms with E-state index in [9.17, 15) is 4.79 Å². The third kappa shape index (κ3) is 3.21. The highest BCUT2D eigenvalue weighted by Crippen LogP contribution is 2.07. The second-order valence-electron chi connectivity index (χ2n) is 3.34. The summed E-state index contributed by atoms with van der Waals surface area (Å²) < 4.78 is 10.3. The van der Waals surface area contributed by atoms with Crippen LogP contribution in [0.5, 0.6) is 5.75 Å². The number of carbonyl (C=O) groups excluding carboxylic acids is 1. The first kappa shape index (κ1) is 11.9. The lowest BCUT2D eigenvalue weighted by Crippen LogP contribution is -2.13. The second kappa shape index (κ2) is 5.67. The number of nitrogens with two attached hydrogens (primary N) is 1. The number of ether oxygens (including phenoxy) is 2. The Labute approximate surface area is 103 Å². The molecule has 0 saturated carbocycles. The fourth-order valence-electron chi connectivity index (χ4n) is 1.25. The van der Waals surface area contributed by atoms with Crippen molar-refractivity contribution in [3.63, 3.8) is 0 Å². The van der Waals surface area contributed by atoms with Crippen molar-refractivity contribution >= 4 is 11.9 Å². The van der Waals surface area contributed by atoms with Gasteiger partial charge in [0.1, 0.15) is 19.0 Å². The molecule has 0 spiro atoms. The predicted octanol–water partition coefficient (Wildman–Crippen LogP) is 0.623. The number of nitrogen functional groups attached to an aromatic ring is 1. The number of nitrogens with zero attached hydrogens (tertiary/aromatic N) is 2. The normalized spacial score (nSPS) is 10.0. The fourth-order valence-corrected chi connectivity index (χ4v) is 1.25. The number of benzene rings is 1. The Morgan fingerprint density at radius 2 is 2.06 bits per heavy atom. The van der Waals surface area contributed by atoms with E-state index in [1.165, 1.54) is 0 Å². The van der Waals surface area contributed by atoms with Crippen molar-refractivity contribution in [2.45, 2.75) is 0 Å². The number of aromatic nitrogens is 3. The average Bonchev–Trinajstić information content (AvgIpc) is 2.82. The summed E-state index contributed by atoms with van der Waals surface area (Å²) in [5.74, 6) is 0.0861. The number of H-pyrrole nitrogens is 1. The number of hydrogen-bond acceptors (Lipinski definition) is 6. The summed E-state index contributed by atoms with van der Waals surface area (Å²) in [4.78, 5) is 15.0. The van der Waals surface area contributed by atoms with E-state index in [1.807, 2.05) is 30.3 Å². The Balaban J connectivity index is 1.71. The Kier molecular flexibility index (Phi) is 3.75. The van der Waals surface area contributed by atoms with Crippen molar-refractivity contribution in [3.8, 4) is 5.75 Å². The Morgan fingerprint density at radius 3 is 2.72 bits per heavy atom.